The fourth-order valence-corrected chi connectivity index (χ4v) is 4.25. The molecule has 0 aliphatic heterocycles. The van der Waals surface area contributed by atoms with E-state index in [-0.39, 0.29) is 5.97 Å². The molecule has 0 fully saturated rings. The number of unbranched alkanes of at least 4 members (excludes halogenated alkanes) is 1. The Morgan fingerprint density at radius 3 is 2.50 bits per heavy atom. The van der Waals surface area contributed by atoms with Crippen LogP contribution >= 0.6 is 0 Å². The predicted molar refractivity (Wildman–Crippen MR) is 144 cm³/mol. The molecule has 0 atom stereocenters. The number of nitrogens with zero attached hydrogens (tertiary/aromatic N) is 2. The van der Waals surface area contributed by atoms with Crippen molar-refractivity contribution < 1.29 is 14.3 Å². The van der Waals surface area contributed by atoms with Crippen LogP contribution in [0.25, 0.3) is 22.2 Å². The number of hydrogen-bond donors (Lipinski definition) is 1. The van der Waals surface area contributed by atoms with Crippen molar-refractivity contribution in [1.29, 1.82) is 0 Å². The quantitative estimate of drug-likeness (QED) is 0.215. The second kappa shape index (κ2) is 10.8. The zero-order valence-electron chi connectivity index (χ0n) is 21.4. The normalized spacial score (nSPS) is 11.4. The molecule has 0 aliphatic rings. The minimum atomic E-state index is -0.557. The summed E-state index contributed by atoms with van der Waals surface area (Å²) in [5, 5.41) is 2.74. The van der Waals surface area contributed by atoms with Gasteiger partial charge in [-0.3, -0.25) is 4.79 Å². The molecule has 0 radical (unpaired) electrons. The van der Waals surface area contributed by atoms with Crippen molar-refractivity contribution in [2.75, 3.05) is 5.32 Å². The van der Waals surface area contributed by atoms with Crippen molar-refractivity contribution in [3.05, 3.63) is 83.7 Å². The van der Waals surface area contributed by atoms with E-state index in [2.05, 4.69) is 28.9 Å². The van der Waals surface area contributed by atoms with Gasteiger partial charge in [0, 0.05) is 18.7 Å². The lowest BCUT2D eigenvalue weighted by Crippen LogP contribution is -2.24. The number of aryl methyl sites for hydroxylation is 1. The summed E-state index contributed by atoms with van der Waals surface area (Å²) in [6.45, 7) is 8.44. The van der Waals surface area contributed by atoms with Crippen LogP contribution in [0.3, 0.4) is 0 Å². The highest BCUT2D eigenvalue weighted by atomic mass is 16.6. The maximum atomic E-state index is 12.8. The highest BCUT2D eigenvalue weighted by Crippen LogP contribution is 2.27. The van der Waals surface area contributed by atoms with Gasteiger partial charge in [-0.05, 0) is 68.1 Å². The standard InChI is InChI=1S/C30H33N3O3/c1-5-6-11-28-32-26-17-16-23(31-20-34)18-27(26)33(28)19-21-12-14-22(15-13-21)24-9-7-8-10-25(24)29(35)36-30(2,3)4/h7-10,12-18,20H,5-6,11,19H2,1-4H3,(H,31,34). The first-order valence-corrected chi connectivity index (χ1v) is 12.4. The SMILES string of the molecule is CCCCc1nc2ccc(NC=O)cc2n1Cc1ccc(-c2ccccc2C(=O)OC(C)(C)C)cc1. The molecule has 3 aromatic carbocycles. The van der Waals surface area contributed by atoms with Gasteiger partial charge < -0.3 is 14.6 Å². The molecule has 0 saturated heterocycles. The molecule has 4 rings (SSSR count). The highest BCUT2D eigenvalue weighted by molar-refractivity contribution is 5.97. The van der Waals surface area contributed by atoms with Gasteiger partial charge in [-0.15, -0.1) is 0 Å². The molecule has 6 heteroatoms. The summed E-state index contributed by atoms with van der Waals surface area (Å²) in [5.41, 5.74) is 5.58. The van der Waals surface area contributed by atoms with Crippen molar-refractivity contribution >= 4 is 29.1 Å². The van der Waals surface area contributed by atoms with Crippen LogP contribution in [-0.4, -0.2) is 27.5 Å². The fourth-order valence-electron chi connectivity index (χ4n) is 4.25. The lowest BCUT2D eigenvalue weighted by molar-refractivity contribution is -0.105. The molecule has 1 heterocycles. The number of aromatic nitrogens is 2. The Morgan fingerprint density at radius 1 is 1.06 bits per heavy atom. The molecule has 6 nitrogen and oxygen atoms in total. The van der Waals surface area contributed by atoms with Gasteiger partial charge in [-0.1, -0.05) is 55.8 Å². The molecule has 0 saturated carbocycles. The Morgan fingerprint density at radius 2 is 1.81 bits per heavy atom. The number of nitrogens with one attached hydrogen (secondary N) is 1. The maximum absolute atomic E-state index is 12.8. The Labute approximate surface area is 212 Å². The maximum Gasteiger partial charge on any atom is 0.339 e. The largest absolute Gasteiger partial charge is 0.456 e. The van der Waals surface area contributed by atoms with Crippen LogP contribution in [0, 0.1) is 0 Å². The molecular weight excluding hydrogens is 450 g/mol. The number of esters is 1. The first-order valence-electron chi connectivity index (χ1n) is 12.4. The monoisotopic (exact) mass is 483 g/mol. The van der Waals surface area contributed by atoms with E-state index in [1.54, 1.807) is 6.07 Å². The topological polar surface area (TPSA) is 73.2 Å². The van der Waals surface area contributed by atoms with Crippen LogP contribution in [0.2, 0.25) is 0 Å². The summed E-state index contributed by atoms with van der Waals surface area (Å²) in [6.07, 6.45) is 3.73. The molecule has 0 unspecified atom stereocenters. The van der Waals surface area contributed by atoms with E-state index in [1.807, 2.05) is 69.3 Å². The Bertz CT molecular complexity index is 1360. The molecule has 36 heavy (non-hydrogen) atoms. The van der Waals surface area contributed by atoms with E-state index in [0.717, 1.165) is 58.5 Å². The van der Waals surface area contributed by atoms with Gasteiger partial charge in [0.2, 0.25) is 6.41 Å². The lowest BCUT2D eigenvalue weighted by atomic mass is 9.98. The molecule has 1 aromatic heterocycles. The fraction of sp³-hybridized carbons (Fsp3) is 0.300. The first-order chi connectivity index (χ1) is 17.3. The molecule has 1 amide bonds. The van der Waals surface area contributed by atoms with E-state index in [4.69, 9.17) is 9.72 Å². The summed E-state index contributed by atoms with van der Waals surface area (Å²) < 4.78 is 7.84. The summed E-state index contributed by atoms with van der Waals surface area (Å²) in [7, 11) is 0. The van der Waals surface area contributed by atoms with Gasteiger partial charge in [-0.2, -0.15) is 0 Å². The van der Waals surface area contributed by atoms with E-state index >= 15 is 0 Å². The Hall–Kier alpha value is -3.93. The molecular formula is C30H33N3O3. The van der Waals surface area contributed by atoms with E-state index < -0.39 is 5.60 Å². The molecule has 4 aromatic rings. The van der Waals surface area contributed by atoms with Crippen LogP contribution < -0.4 is 5.32 Å². The Balaban J connectivity index is 1.65. The number of rotatable bonds is 9. The van der Waals surface area contributed by atoms with Gasteiger partial charge >= 0.3 is 5.97 Å². The number of imidazole rings is 1. The molecule has 1 N–H and O–H groups in total. The minimum absolute atomic E-state index is 0.327. The summed E-state index contributed by atoms with van der Waals surface area (Å²) in [4.78, 5) is 28.6. The van der Waals surface area contributed by atoms with Crippen LogP contribution in [-0.2, 0) is 22.5 Å². The third-order valence-electron chi connectivity index (χ3n) is 5.96. The third-order valence-corrected chi connectivity index (χ3v) is 5.96. The first kappa shape index (κ1) is 25.2. The smallest absolute Gasteiger partial charge is 0.339 e. The minimum Gasteiger partial charge on any atom is -0.456 e. The van der Waals surface area contributed by atoms with Crippen molar-refractivity contribution in [2.24, 2.45) is 0 Å². The Kier molecular flexibility index (Phi) is 7.53. The average Bonchev–Trinajstić information content (AvgIpc) is 3.19. The number of ether oxygens (including phenoxy) is 1. The summed E-state index contributed by atoms with van der Waals surface area (Å²) in [5.74, 6) is 0.710. The highest BCUT2D eigenvalue weighted by Gasteiger charge is 2.20. The number of fused-ring (bicyclic) bond motifs is 1. The predicted octanol–water partition coefficient (Wildman–Crippen LogP) is 6.62. The second-order valence-electron chi connectivity index (χ2n) is 9.93. The number of carbonyl (C=O) groups is 2. The summed E-state index contributed by atoms with van der Waals surface area (Å²) >= 11 is 0. The zero-order chi connectivity index (χ0) is 25.7. The van der Waals surface area contributed by atoms with Gasteiger partial charge in [-0.25, -0.2) is 9.78 Å². The van der Waals surface area contributed by atoms with Gasteiger partial charge in [0.15, 0.2) is 0 Å². The number of amides is 1. The zero-order valence-corrected chi connectivity index (χ0v) is 21.4. The molecule has 0 aliphatic carbocycles. The van der Waals surface area contributed by atoms with Crippen LogP contribution in [0.5, 0.6) is 0 Å². The second-order valence-corrected chi connectivity index (χ2v) is 9.93. The lowest BCUT2D eigenvalue weighted by Gasteiger charge is -2.20. The van der Waals surface area contributed by atoms with Gasteiger partial charge in [0.05, 0.1) is 16.6 Å². The number of benzene rings is 3. The van der Waals surface area contributed by atoms with Crippen molar-refractivity contribution in [3.8, 4) is 11.1 Å². The van der Waals surface area contributed by atoms with Gasteiger partial charge in [0.1, 0.15) is 11.4 Å². The van der Waals surface area contributed by atoms with E-state index in [0.29, 0.717) is 18.5 Å². The van der Waals surface area contributed by atoms with E-state index in [1.165, 1.54) is 0 Å². The van der Waals surface area contributed by atoms with Crippen LogP contribution in [0.1, 0.15) is 62.3 Å². The number of anilines is 1. The van der Waals surface area contributed by atoms with Gasteiger partial charge in [0.25, 0.3) is 0 Å². The number of carbonyl (C=O) groups excluding carboxylic acids is 2. The molecule has 0 bridgehead atoms. The van der Waals surface area contributed by atoms with E-state index in [9.17, 15) is 9.59 Å². The van der Waals surface area contributed by atoms with Crippen LogP contribution in [0.15, 0.2) is 66.7 Å². The van der Waals surface area contributed by atoms with Crippen molar-refractivity contribution in [2.45, 2.75) is 59.1 Å². The summed E-state index contributed by atoms with van der Waals surface area (Å²) in [6, 6.07) is 21.6. The number of hydrogen-bond acceptors (Lipinski definition) is 4. The molecule has 186 valence electrons. The van der Waals surface area contributed by atoms with Crippen molar-refractivity contribution in [1.82, 2.24) is 9.55 Å². The average molecular weight is 484 g/mol. The van der Waals surface area contributed by atoms with Crippen molar-refractivity contribution in [3.63, 3.8) is 0 Å². The molecule has 0 spiro atoms. The third kappa shape index (κ3) is 5.82. The van der Waals surface area contributed by atoms with Crippen LogP contribution in [0.4, 0.5) is 5.69 Å².